The van der Waals surface area contributed by atoms with Crippen LogP contribution >= 0.6 is 11.8 Å². The second kappa shape index (κ2) is 7.52. The van der Waals surface area contributed by atoms with Crippen LogP contribution in [0.25, 0.3) is 16.6 Å². The van der Waals surface area contributed by atoms with Gasteiger partial charge in [0.15, 0.2) is 5.16 Å². The molecule has 0 N–H and O–H groups in total. The molecule has 1 aromatic heterocycles. The fraction of sp³-hybridized carbons (Fsp3) is 0.0833. The predicted octanol–water partition coefficient (Wildman–Crippen LogP) is 4.04. The van der Waals surface area contributed by atoms with Gasteiger partial charge in [0.25, 0.3) is 17.4 Å². The molecule has 0 saturated heterocycles. The number of carbonyl (C=O) groups excluding carboxylic acids is 2. The molecule has 5 rings (SSSR count). The van der Waals surface area contributed by atoms with Crippen LogP contribution < -0.4 is 5.56 Å². The molecule has 0 fully saturated rings. The summed E-state index contributed by atoms with van der Waals surface area (Å²) in [5.41, 5.74) is 2.82. The number of rotatable bonds is 4. The number of nitrogens with zero attached hydrogens (tertiary/aromatic N) is 3. The number of para-hydroxylation sites is 2. The van der Waals surface area contributed by atoms with Gasteiger partial charge in [-0.15, -0.1) is 0 Å². The van der Waals surface area contributed by atoms with Crippen LogP contribution in [0, 0.1) is 6.92 Å². The number of amides is 2. The summed E-state index contributed by atoms with van der Waals surface area (Å²) >= 11 is 1.19. The molecule has 31 heavy (non-hydrogen) atoms. The van der Waals surface area contributed by atoms with E-state index >= 15 is 0 Å². The molecular formula is C24H17N3O3S. The summed E-state index contributed by atoms with van der Waals surface area (Å²) in [5.74, 6) is -0.611. The van der Waals surface area contributed by atoms with Gasteiger partial charge in [0.1, 0.15) is 0 Å². The van der Waals surface area contributed by atoms with Crippen LogP contribution in [0.1, 0.15) is 26.3 Å². The minimum Gasteiger partial charge on any atom is -0.269 e. The van der Waals surface area contributed by atoms with E-state index in [1.165, 1.54) is 16.7 Å². The molecule has 3 aromatic carbocycles. The Morgan fingerprint density at radius 2 is 1.42 bits per heavy atom. The third kappa shape index (κ3) is 3.14. The summed E-state index contributed by atoms with van der Waals surface area (Å²) in [6, 6.07) is 21.5. The van der Waals surface area contributed by atoms with Crippen LogP contribution in [0.4, 0.5) is 0 Å². The number of fused-ring (bicyclic) bond motifs is 2. The zero-order valence-corrected chi connectivity index (χ0v) is 17.4. The highest BCUT2D eigenvalue weighted by atomic mass is 32.2. The molecule has 152 valence electrons. The van der Waals surface area contributed by atoms with Crippen LogP contribution in [0.15, 0.2) is 82.7 Å². The molecule has 0 spiro atoms. The zero-order chi connectivity index (χ0) is 21.5. The summed E-state index contributed by atoms with van der Waals surface area (Å²) in [7, 11) is 0. The number of hydrogen-bond acceptors (Lipinski definition) is 5. The van der Waals surface area contributed by atoms with Crippen molar-refractivity contribution in [3.8, 4) is 5.69 Å². The zero-order valence-electron chi connectivity index (χ0n) is 16.6. The summed E-state index contributed by atoms with van der Waals surface area (Å²) < 4.78 is 1.56. The van der Waals surface area contributed by atoms with Crippen molar-refractivity contribution in [2.75, 3.05) is 5.88 Å². The number of carbonyl (C=O) groups is 2. The lowest BCUT2D eigenvalue weighted by Gasteiger charge is -2.17. The maximum absolute atomic E-state index is 13.4. The van der Waals surface area contributed by atoms with Crippen LogP contribution in [0.5, 0.6) is 0 Å². The second-order valence-electron chi connectivity index (χ2n) is 7.20. The summed E-state index contributed by atoms with van der Waals surface area (Å²) in [4.78, 5) is 44.7. The highest BCUT2D eigenvalue weighted by molar-refractivity contribution is 7.99. The van der Waals surface area contributed by atoms with Gasteiger partial charge in [-0.25, -0.2) is 4.98 Å². The van der Waals surface area contributed by atoms with Gasteiger partial charge in [-0.3, -0.25) is 23.9 Å². The lowest BCUT2D eigenvalue weighted by atomic mass is 10.1. The van der Waals surface area contributed by atoms with Gasteiger partial charge >= 0.3 is 0 Å². The number of aryl methyl sites for hydroxylation is 1. The van der Waals surface area contributed by atoms with Gasteiger partial charge < -0.3 is 0 Å². The summed E-state index contributed by atoms with van der Waals surface area (Å²) in [6.07, 6.45) is 0. The van der Waals surface area contributed by atoms with Crippen molar-refractivity contribution in [3.63, 3.8) is 0 Å². The first-order valence-electron chi connectivity index (χ1n) is 9.72. The minimum absolute atomic E-state index is 0.0585. The first-order chi connectivity index (χ1) is 15.1. The Hall–Kier alpha value is -3.71. The third-order valence-electron chi connectivity index (χ3n) is 5.30. The van der Waals surface area contributed by atoms with Crippen molar-refractivity contribution in [2.24, 2.45) is 0 Å². The first-order valence-corrected chi connectivity index (χ1v) is 10.7. The Balaban J connectivity index is 1.58. The monoisotopic (exact) mass is 427 g/mol. The van der Waals surface area contributed by atoms with E-state index in [1.807, 2.05) is 37.3 Å². The molecule has 2 heterocycles. The Bertz CT molecular complexity index is 1390. The molecule has 0 aliphatic carbocycles. The maximum Gasteiger partial charge on any atom is 0.266 e. The second-order valence-corrected chi connectivity index (χ2v) is 8.11. The van der Waals surface area contributed by atoms with E-state index in [-0.39, 0.29) is 23.3 Å². The smallest absolute Gasteiger partial charge is 0.266 e. The SMILES string of the molecule is Cc1ccccc1-n1c(SCN2C(=O)c3ccccc3C2=O)nc2ccccc2c1=O. The Morgan fingerprint density at radius 3 is 2.13 bits per heavy atom. The number of aromatic nitrogens is 2. The predicted molar refractivity (Wildman–Crippen MR) is 120 cm³/mol. The molecule has 7 heteroatoms. The van der Waals surface area contributed by atoms with Crippen molar-refractivity contribution in [1.82, 2.24) is 14.5 Å². The molecular weight excluding hydrogens is 410 g/mol. The summed E-state index contributed by atoms with van der Waals surface area (Å²) in [5, 5.41) is 0.936. The van der Waals surface area contributed by atoms with Gasteiger partial charge in [0.2, 0.25) is 0 Å². The van der Waals surface area contributed by atoms with Crippen LogP contribution in [0.3, 0.4) is 0 Å². The number of thioether (sulfide) groups is 1. The quantitative estimate of drug-likeness (QED) is 0.279. The topological polar surface area (TPSA) is 72.3 Å². The fourth-order valence-corrected chi connectivity index (χ4v) is 4.67. The van der Waals surface area contributed by atoms with E-state index in [9.17, 15) is 14.4 Å². The van der Waals surface area contributed by atoms with E-state index in [1.54, 1.807) is 47.0 Å². The van der Waals surface area contributed by atoms with E-state index in [4.69, 9.17) is 4.98 Å². The Labute approximate surface area is 182 Å². The van der Waals surface area contributed by atoms with Crippen LogP contribution in [0.2, 0.25) is 0 Å². The lowest BCUT2D eigenvalue weighted by molar-refractivity contribution is 0.0684. The molecule has 1 aliphatic heterocycles. The van der Waals surface area contributed by atoms with Crippen LogP contribution in [-0.2, 0) is 0 Å². The molecule has 0 saturated carbocycles. The molecule has 6 nitrogen and oxygen atoms in total. The fourth-order valence-electron chi connectivity index (χ4n) is 3.71. The van der Waals surface area contributed by atoms with Crippen molar-refractivity contribution < 1.29 is 9.59 Å². The average molecular weight is 427 g/mol. The minimum atomic E-state index is -0.335. The average Bonchev–Trinajstić information content (AvgIpc) is 3.03. The third-order valence-corrected chi connectivity index (χ3v) is 6.22. The maximum atomic E-state index is 13.4. The van der Waals surface area contributed by atoms with E-state index < -0.39 is 0 Å². The Morgan fingerprint density at radius 1 is 0.806 bits per heavy atom. The van der Waals surface area contributed by atoms with Crippen molar-refractivity contribution >= 4 is 34.5 Å². The molecule has 1 aliphatic rings. The standard InChI is InChI=1S/C24H17N3O3S/c1-15-8-2-7-13-20(15)27-23(30)18-11-5-6-12-19(18)25-24(27)31-14-26-21(28)16-9-3-4-10-17(16)22(26)29/h2-13H,14H2,1H3. The molecule has 0 bridgehead atoms. The van der Waals surface area contributed by atoms with Crippen LogP contribution in [-0.4, -0.2) is 32.1 Å². The number of imide groups is 1. The normalized spacial score (nSPS) is 13.1. The van der Waals surface area contributed by atoms with E-state index in [2.05, 4.69) is 0 Å². The highest BCUT2D eigenvalue weighted by Gasteiger charge is 2.35. The summed E-state index contributed by atoms with van der Waals surface area (Å²) in [6.45, 7) is 1.93. The first kappa shape index (κ1) is 19.3. The van der Waals surface area contributed by atoms with Gasteiger partial charge in [-0.2, -0.15) is 0 Å². The lowest BCUT2D eigenvalue weighted by Crippen LogP contribution is -2.30. The van der Waals surface area contributed by atoms with Crippen molar-refractivity contribution in [1.29, 1.82) is 0 Å². The van der Waals surface area contributed by atoms with E-state index in [0.717, 1.165) is 11.3 Å². The largest absolute Gasteiger partial charge is 0.269 e. The molecule has 4 aromatic rings. The molecule has 2 amide bonds. The molecule has 0 radical (unpaired) electrons. The van der Waals surface area contributed by atoms with E-state index in [0.29, 0.717) is 27.2 Å². The van der Waals surface area contributed by atoms with Gasteiger partial charge in [-0.1, -0.05) is 54.2 Å². The van der Waals surface area contributed by atoms with Gasteiger partial charge in [0.05, 0.1) is 33.6 Å². The number of benzene rings is 3. The Kier molecular flexibility index (Phi) is 4.67. The highest BCUT2D eigenvalue weighted by Crippen LogP contribution is 2.28. The molecule has 0 unspecified atom stereocenters. The van der Waals surface area contributed by atoms with Crippen molar-refractivity contribution in [2.45, 2.75) is 12.1 Å². The molecule has 0 atom stereocenters. The van der Waals surface area contributed by atoms with Crippen molar-refractivity contribution in [3.05, 3.63) is 99.8 Å². The van der Waals surface area contributed by atoms with Gasteiger partial charge in [0, 0.05) is 0 Å². The number of hydrogen-bond donors (Lipinski definition) is 0. The van der Waals surface area contributed by atoms with Gasteiger partial charge in [-0.05, 0) is 42.8 Å².